The van der Waals surface area contributed by atoms with Gasteiger partial charge in [0.15, 0.2) is 0 Å². The first-order valence-electron chi connectivity index (χ1n) is 9.64. The highest BCUT2D eigenvalue weighted by Gasteiger charge is 2.57. The first-order valence-corrected chi connectivity index (χ1v) is 9.64. The summed E-state index contributed by atoms with van der Waals surface area (Å²) in [6, 6.07) is 13.6. The molecule has 3 nitrogen and oxygen atoms in total. The maximum Gasteiger partial charge on any atom is 0.0529 e. The van der Waals surface area contributed by atoms with E-state index < -0.39 is 0 Å². The Bertz CT molecular complexity index is 797. The summed E-state index contributed by atoms with van der Waals surface area (Å²) in [6.07, 6.45) is 5.85. The molecule has 3 aliphatic rings. The van der Waals surface area contributed by atoms with Crippen LogP contribution in [0.5, 0.6) is 0 Å². The number of aryl methyl sites for hydroxylation is 2. The Labute approximate surface area is 150 Å². The fourth-order valence-electron chi connectivity index (χ4n) is 5.63. The Kier molecular flexibility index (Phi) is 3.43. The second-order valence-corrected chi connectivity index (χ2v) is 8.21. The number of fused-ring (bicyclic) bond motifs is 7. The Morgan fingerprint density at radius 3 is 2.72 bits per heavy atom. The number of hydrogen-bond donors (Lipinski definition) is 0. The van der Waals surface area contributed by atoms with Gasteiger partial charge in [-0.15, -0.1) is 0 Å². The van der Waals surface area contributed by atoms with Gasteiger partial charge in [-0.25, -0.2) is 0 Å². The van der Waals surface area contributed by atoms with Crippen LogP contribution in [0.4, 0.5) is 5.69 Å². The normalized spacial score (nSPS) is 30.0. The first-order chi connectivity index (χ1) is 12.1. The average Bonchev–Trinajstić information content (AvgIpc) is 3.22. The van der Waals surface area contributed by atoms with Gasteiger partial charge in [-0.2, -0.15) is 0 Å². The van der Waals surface area contributed by atoms with Crippen LogP contribution < -0.4 is 4.90 Å². The maximum atomic E-state index is 4.47. The average molecular weight is 333 g/mol. The molecule has 1 aromatic heterocycles. The Balaban J connectivity index is 1.47. The summed E-state index contributed by atoms with van der Waals surface area (Å²) in [6.45, 7) is 5.38. The lowest BCUT2D eigenvalue weighted by atomic mass is 9.82. The molecule has 0 N–H and O–H groups in total. The lowest BCUT2D eigenvalue weighted by molar-refractivity contribution is 0.300. The van der Waals surface area contributed by atoms with Gasteiger partial charge in [0.1, 0.15) is 0 Å². The van der Waals surface area contributed by atoms with Crippen molar-refractivity contribution in [3.63, 3.8) is 0 Å². The monoisotopic (exact) mass is 333 g/mol. The number of aromatic nitrogens is 1. The predicted octanol–water partition coefficient (Wildman–Crippen LogP) is 3.69. The SMILES string of the molecule is Cc1ccc2c(c1)[C@@H]1[C@@H]([C@H]3CC[C@@H]1N3C)N2CCc1ccc(C)nc1. The number of benzene rings is 1. The van der Waals surface area contributed by atoms with Crippen LogP contribution in [0.3, 0.4) is 0 Å². The number of hydrogen-bond acceptors (Lipinski definition) is 3. The van der Waals surface area contributed by atoms with E-state index in [2.05, 4.69) is 66.0 Å². The summed E-state index contributed by atoms with van der Waals surface area (Å²) in [5.41, 5.74) is 6.93. The van der Waals surface area contributed by atoms with Gasteiger partial charge < -0.3 is 4.90 Å². The van der Waals surface area contributed by atoms with Crippen LogP contribution in [0.2, 0.25) is 0 Å². The van der Waals surface area contributed by atoms with E-state index in [-0.39, 0.29) is 0 Å². The van der Waals surface area contributed by atoms with Crippen LogP contribution in [0.1, 0.15) is 41.1 Å². The molecule has 4 atom stereocenters. The van der Waals surface area contributed by atoms with E-state index >= 15 is 0 Å². The fourth-order valence-corrected chi connectivity index (χ4v) is 5.63. The summed E-state index contributed by atoms with van der Waals surface area (Å²) in [5, 5.41) is 0. The minimum Gasteiger partial charge on any atom is -0.366 e. The van der Waals surface area contributed by atoms with Crippen LogP contribution in [-0.2, 0) is 6.42 Å². The van der Waals surface area contributed by atoms with E-state index in [1.807, 2.05) is 6.20 Å². The highest BCUT2D eigenvalue weighted by Crippen LogP contribution is 2.55. The van der Waals surface area contributed by atoms with E-state index in [9.17, 15) is 0 Å². The van der Waals surface area contributed by atoms with Crippen molar-refractivity contribution >= 4 is 5.69 Å². The van der Waals surface area contributed by atoms with Crippen molar-refractivity contribution in [2.24, 2.45) is 0 Å². The van der Waals surface area contributed by atoms with Gasteiger partial charge in [0, 0.05) is 42.1 Å². The van der Waals surface area contributed by atoms with E-state index in [1.54, 1.807) is 5.56 Å². The molecule has 25 heavy (non-hydrogen) atoms. The molecule has 3 heteroatoms. The highest BCUT2D eigenvalue weighted by atomic mass is 15.3. The lowest BCUT2D eigenvalue weighted by Crippen LogP contribution is -2.44. The summed E-state index contributed by atoms with van der Waals surface area (Å²) in [7, 11) is 2.35. The fraction of sp³-hybridized carbons (Fsp3) is 0.500. The highest BCUT2D eigenvalue weighted by molar-refractivity contribution is 5.65. The Morgan fingerprint density at radius 1 is 1.08 bits per heavy atom. The zero-order valence-corrected chi connectivity index (χ0v) is 15.4. The van der Waals surface area contributed by atoms with Crippen LogP contribution in [-0.4, -0.2) is 41.6 Å². The van der Waals surface area contributed by atoms with Gasteiger partial charge >= 0.3 is 0 Å². The van der Waals surface area contributed by atoms with E-state index in [1.165, 1.54) is 29.7 Å². The van der Waals surface area contributed by atoms with Crippen LogP contribution in [0, 0.1) is 13.8 Å². The minimum absolute atomic E-state index is 0.666. The molecule has 2 fully saturated rings. The third kappa shape index (κ3) is 2.25. The Morgan fingerprint density at radius 2 is 1.92 bits per heavy atom. The Hall–Kier alpha value is -1.87. The number of anilines is 1. The molecule has 0 spiro atoms. The van der Waals surface area contributed by atoms with Crippen LogP contribution in [0.25, 0.3) is 0 Å². The molecular weight excluding hydrogens is 306 g/mol. The third-order valence-corrected chi connectivity index (χ3v) is 6.81. The summed E-state index contributed by atoms with van der Waals surface area (Å²) in [5.74, 6) is 0.704. The number of rotatable bonds is 3. The number of nitrogens with zero attached hydrogens (tertiary/aromatic N) is 3. The molecule has 0 saturated carbocycles. The predicted molar refractivity (Wildman–Crippen MR) is 102 cm³/mol. The standard InChI is InChI=1S/C22H27N3/c1-14-4-7-18-17(12-14)21-19-8-9-20(24(19)3)22(21)25(18)11-10-16-6-5-15(2)23-13-16/h4-7,12-13,19-22H,8-11H2,1-3H3/t19-,20+,21-,22+/m0/s1. The third-order valence-electron chi connectivity index (χ3n) is 6.81. The zero-order valence-electron chi connectivity index (χ0n) is 15.4. The molecule has 130 valence electrons. The van der Waals surface area contributed by atoms with Gasteiger partial charge in [0.25, 0.3) is 0 Å². The van der Waals surface area contributed by atoms with Crippen LogP contribution in [0.15, 0.2) is 36.5 Å². The van der Waals surface area contributed by atoms with Crippen molar-refractivity contribution in [2.45, 2.75) is 57.2 Å². The van der Waals surface area contributed by atoms with Gasteiger partial charge in [0.05, 0.1) is 6.04 Å². The largest absolute Gasteiger partial charge is 0.366 e. The van der Waals surface area contributed by atoms with Crippen molar-refractivity contribution in [1.29, 1.82) is 0 Å². The first kappa shape index (κ1) is 15.4. The molecule has 3 aliphatic heterocycles. The topological polar surface area (TPSA) is 19.4 Å². The quantitative estimate of drug-likeness (QED) is 0.854. The molecule has 0 unspecified atom stereocenters. The summed E-state index contributed by atoms with van der Waals surface area (Å²) >= 11 is 0. The van der Waals surface area contributed by atoms with Crippen LogP contribution >= 0.6 is 0 Å². The second kappa shape index (κ2) is 5.57. The van der Waals surface area contributed by atoms with Gasteiger partial charge in [0.2, 0.25) is 0 Å². The molecule has 2 saturated heterocycles. The van der Waals surface area contributed by atoms with E-state index in [4.69, 9.17) is 0 Å². The molecule has 1 aromatic carbocycles. The molecule has 5 rings (SSSR count). The number of pyridine rings is 1. The van der Waals surface area contributed by atoms with Crippen molar-refractivity contribution < 1.29 is 0 Å². The summed E-state index contributed by atoms with van der Waals surface area (Å²) in [4.78, 5) is 9.86. The second-order valence-electron chi connectivity index (χ2n) is 8.21. The molecule has 2 bridgehead atoms. The lowest BCUT2D eigenvalue weighted by Gasteiger charge is -2.33. The van der Waals surface area contributed by atoms with Crippen molar-refractivity contribution in [3.8, 4) is 0 Å². The minimum atomic E-state index is 0.666. The number of likely N-dealkylation sites (N-methyl/N-ethyl adjacent to an activating group) is 1. The molecule has 0 aliphatic carbocycles. The van der Waals surface area contributed by atoms with E-state index in [0.29, 0.717) is 12.0 Å². The van der Waals surface area contributed by atoms with Crippen molar-refractivity contribution in [3.05, 3.63) is 58.9 Å². The molecule has 4 heterocycles. The molecule has 0 radical (unpaired) electrons. The van der Waals surface area contributed by atoms with E-state index in [0.717, 1.165) is 30.7 Å². The van der Waals surface area contributed by atoms with Gasteiger partial charge in [-0.05, 0) is 63.4 Å². The molecular formula is C22H27N3. The van der Waals surface area contributed by atoms with Crippen molar-refractivity contribution in [2.75, 3.05) is 18.5 Å². The van der Waals surface area contributed by atoms with Crippen molar-refractivity contribution in [1.82, 2.24) is 9.88 Å². The summed E-state index contributed by atoms with van der Waals surface area (Å²) < 4.78 is 0. The molecule has 0 amide bonds. The smallest absolute Gasteiger partial charge is 0.0529 e. The zero-order chi connectivity index (χ0) is 17.1. The maximum absolute atomic E-state index is 4.47. The van der Waals surface area contributed by atoms with Gasteiger partial charge in [-0.3, -0.25) is 9.88 Å². The molecule has 2 aromatic rings. The van der Waals surface area contributed by atoms with Gasteiger partial charge in [-0.1, -0.05) is 23.8 Å².